The molecule has 1 fully saturated rings. The lowest BCUT2D eigenvalue weighted by atomic mass is 10.0. The van der Waals surface area contributed by atoms with Gasteiger partial charge in [0, 0.05) is 64.4 Å². The van der Waals surface area contributed by atoms with Gasteiger partial charge in [0.05, 0.1) is 6.61 Å². The van der Waals surface area contributed by atoms with Crippen molar-refractivity contribution in [3.8, 4) is 0 Å². The van der Waals surface area contributed by atoms with E-state index in [2.05, 4.69) is 16.0 Å². The van der Waals surface area contributed by atoms with Gasteiger partial charge in [-0.25, -0.2) is 20.0 Å². The Hall–Kier alpha value is -4.69. The van der Waals surface area contributed by atoms with Gasteiger partial charge in [0.15, 0.2) is 0 Å². The summed E-state index contributed by atoms with van der Waals surface area (Å²) in [6, 6.07) is -2.80. The van der Waals surface area contributed by atoms with Crippen LogP contribution in [0.25, 0.3) is 0 Å². The first kappa shape index (κ1) is 46.3. The van der Waals surface area contributed by atoms with Gasteiger partial charge in [0.1, 0.15) is 18.1 Å². The second-order valence-corrected chi connectivity index (χ2v) is 12.5. The van der Waals surface area contributed by atoms with Gasteiger partial charge in [0.25, 0.3) is 17.7 Å². The quantitative estimate of drug-likeness (QED) is 0.0205. The monoisotopic (exact) mass is 754 g/mol. The van der Waals surface area contributed by atoms with Gasteiger partial charge in [0.2, 0.25) is 17.7 Å². The molecular weight excluding hydrogens is 700 g/mol. The number of hydroxylamine groups is 6. The summed E-state index contributed by atoms with van der Waals surface area (Å²) in [5, 5.41) is 56.8. The molecule has 53 heavy (non-hydrogen) atoms. The summed E-state index contributed by atoms with van der Waals surface area (Å²) >= 11 is 0. The van der Waals surface area contributed by atoms with E-state index in [1.54, 1.807) is 13.8 Å². The predicted molar refractivity (Wildman–Crippen MR) is 185 cm³/mol. The maximum absolute atomic E-state index is 12.5. The highest BCUT2D eigenvalue weighted by Gasteiger charge is 2.33. The second-order valence-electron chi connectivity index (χ2n) is 12.5. The highest BCUT2D eigenvalue weighted by atomic mass is 16.5. The van der Waals surface area contributed by atoms with E-state index in [1.807, 2.05) is 0 Å². The highest BCUT2D eigenvalue weighted by Crippen LogP contribution is 2.10. The summed E-state index contributed by atoms with van der Waals surface area (Å²) in [5.41, 5.74) is 1.17. The van der Waals surface area contributed by atoms with Crippen LogP contribution >= 0.6 is 0 Å². The Bertz CT molecular complexity index is 1350. The summed E-state index contributed by atoms with van der Waals surface area (Å²) in [7, 11) is 0. The molecule has 6 amide bonds. The van der Waals surface area contributed by atoms with Crippen LogP contribution in [0.1, 0.15) is 78.6 Å². The van der Waals surface area contributed by atoms with Crippen molar-refractivity contribution in [1.82, 2.24) is 31.1 Å². The largest absolute Gasteiger partial charge is 0.464 e. The van der Waals surface area contributed by atoms with E-state index in [1.165, 1.54) is 25.2 Å². The Balaban J connectivity index is 2.40. The van der Waals surface area contributed by atoms with Crippen molar-refractivity contribution in [2.24, 2.45) is 0 Å². The summed E-state index contributed by atoms with van der Waals surface area (Å²) < 4.78 is 5.17. The number of aliphatic hydroxyl groups excluding tert-OH is 2. The molecule has 0 aliphatic carbocycles. The van der Waals surface area contributed by atoms with Gasteiger partial charge in [-0.15, -0.1) is 0 Å². The van der Waals surface area contributed by atoms with Crippen molar-refractivity contribution >= 4 is 41.4 Å². The Morgan fingerprint density at radius 2 is 1.21 bits per heavy atom. The normalized spacial score (nSPS) is 16.8. The fraction of sp³-hybridized carbons (Fsp3) is 0.618. The van der Waals surface area contributed by atoms with Crippen LogP contribution in [0.5, 0.6) is 0 Å². The first-order valence-corrected chi connectivity index (χ1v) is 17.4. The number of aliphatic hydroxyl groups is 2. The number of ether oxygens (including phenoxy) is 1. The van der Waals surface area contributed by atoms with Crippen LogP contribution in [-0.2, 0) is 38.3 Å². The first-order valence-electron chi connectivity index (χ1n) is 17.4. The average Bonchev–Trinajstić information content (AvgIpc) is 3.08. The summed E-state index contributed by atoms with van der Waals surface area (Å²) in [5.74, 6) is -4.28. The number of nitrogens with one attached hydrogen (secondary N) is 3. The number of esters is 1. The van der Waals surface area contributed by atoms with Crippen molar-refractivity contribution in [2.45, 2.75) is 96.7 Å². The number of rotatable bonds is 24. The smallest absolute Gasteiger partial charge is 0.328 e. The van der Waals surface area contributed by atoms with Crippen molar-refractivity contribution < 1.29 is 64.1 Å². The van der Waals surface area contributed by atoms with Crippen molar-refractivity contribution in [3.63, 3.8) is 0 Å². The molecule has 19 nitrogen and oxygen atoms in total. The highest BCUT2D eigenvalue weighted by molar-refractivity contribution is 5.97. The molecule has 1 heterocycles. The minimum absolute atomic E-state index is 0.0566. The molecule has 3 atom stereocenters. The molecule has 1 aliphatic rings. The van der Waals surface area contributed by atoms with Gasteiger partial charge < -0.3 is 30.9 Å². The van der Waals surface area contributed by atoms with E-state index in [0.717, 1.165) is 6.08 Å². The van der Waals surface area contributed by atoms with Gasteiger partial charge in [-0.3, -0.25) is 44.4 Å². The van der Waals surface area contributed by atoms with E-state index in [-0.39, 0.29) is 90.8 Å². The van der Waals surface area contributed by atoms with E-state index in [4.69, 9.17) is 14.9 Å². The zero-order valence-corrected chi connectivity index (χ0v) is 30.5. The van der Waals surface area contributed by atoms with Crippen molar-refractivity contribution in [1.29, 1.82) is 0 Å². The molecule has 0 radical (unpaired) electrons. The molecule has 1 saturated heterocycles. The zero-order valence-electron chi connectivity index (χ0n) is 30.5. The van der Waals surface area contributed by atoms with E-state index < -0.39 is 59.5 Å². The van der Waals surface area contributed by atoms with Gasteiger partial charge in [-0.05, 0) is 65.2 Å². The molecule has 1 aliphatic heterocycles. The van der Waals surface area contributed by atoms with Crippen LogP contribution < -0.4 is 16.0 Å². The minimum Gasteiger partial charge on any atom is -0.464 e. The number of hydrogen-bond donors (Lipinski definition) is 8. The second kappa shape index (κ2) is 25.3. The number of hydrogen-bond acceptors (Lipinski definition) is 13. The topological polar surface area (TPSA) is 276 Å². The van der Waals surface area contributed by atoms with Gasteiger partial charge in [-0.1, -0.05) is 17.2 Å². The third-order valence-corrected chi connectivity index (χ3v) is 7.82. The molecule has 0 aromatic carbocycles. The average molecular weight is 755 g/mol. The van der Waals surface area contributed by atoms with Crippen LogP contribution in [0.15, 0.2) is 35.5 Å². The molecule has 298 valence electrons. The molecule has 0 saturated carbocycles. The van der Waals surface area contributed by atoms with E-state index in [0.29, 0.717) is 32.8 Å². The number of amides is 6. The zero-order chi connectivity index (χ0) is 39.9. The number of piperazine rings is 1. The summed E-state index contributed by atoms with van der Waals surface area (Å²) in [6.07, 6.45) is 6.35. The van der Waals surface area contributed by atoms with Crippen molar-refractivity contribution in [3.05, 3.63) is 35.5 Å². The Labute approximate surface area is 308 Å². The summed E-state index contributed by atoms with van der Waals surface area (Å²) in [6.45, 7) is 3.71. The SMILES string of the molecule is CC(=O)NC(CCCN(O)C(=O)/C=C(\C)CCO)C(=O)OCCC=CC(=O)N(O)CCCC1NC(=O)C(CCCN(O)C(=O)/C=C(\C)CCO)NC1=O. The Morgan fingerprint density at radius 1 is 0.755 bits per heavy atom. The van der Waals surface area contributed by atoms with Crippen LogP contribution in [0, 0.1) is 0 Å². The lowest BCUT2D eigenvalue weighted by molar-refractivity contribution is -0.160. The van der Waals surface area contributed by atoms with Crippen molar-refractivity contribution in [2.75, 3.05) is 39.5 Å². The maximum atomic E-state index is 12.5. The Kier molecular flexibility index (Phi) is 22.1. The Morgan fingerprint density at radius 3 is 1.66 bits per heavy atom. The van der Waals surface area contributed by atoms with Gasteiger partial charge in [-0.2, -0.15) is 0 Å². The molecule has 3 unspecified atom stereocenters. The van der Waals surface area contributed by atoms with E-state index >= 15 is 0 Å². The molecule has 19 heteroatoms. The third kappa shape index (κ3) is 19.1. The van der Waals surface area contributed by atoms with Crippen LogP contribution in [0.4, 0.5) is 0 Å². The van der Waals surface area contributed by atoms with Crippen LogP contribution in [0.2, 0.25) is 0 Å². The number of nitrogens with zero attached hydrogens (tertiary/aromatic N) is 3. The molecular formula is C34H54N6O13. The maximum Gasteiger partial charge on any atom is 0.328 e. The fourth-order valence-electron chi connectivity index (χ4n) is 4.91. The van der Waals surface area contributed by atoms with Gasteiger partial charge >= 0.3 is 5.97 Å². The van der Waals surface area contributed by atoms with Crippen LogP contribution in [-0.4, -0.2) is 140 Å². The molecule has 0 spiro atoms. The molecule has 0 aromatic rings. The minimum atomic E-state index is -1.05. The number of carbonyl (C=O) groups is 7. The molecule has 1 rings (SSSR count). The standard InChI is InChI=1S/C34H54N6O13/c1-23(13-18-41)21-30(45)39(51)16-7-10-27-33(48)36-26(32(47)37-27)9-6-15-38(50)29(44)12-4-5-20-53-34(49)28(35-25(3)43)11-8-17-40(52)31(46)22-24(2)14-19-42/h4,12,21-22,26-28,41-42,50-52H,5-11,13-20H2,1-3H3,(H,35,43)(H,36,48)(H,37,47)/b12-4?,23-21+,24-22+. The lowest BCUT2D eigenvalue weighted by Gasteiger charge is -2.30. The third-order valence-electron chi connectivity index (χ3n) is 7.82. The molecule has 8 N–H and O–H groups in total. The summed E-state index contributed by atoms with van der Waals surface area (Å²) in [4.78, 5) is 85.4. The fourth-order valence-corrected chi connectivity index (χ4v) is 4.91. The van der Waals surface area contributed by atoms with E-state index in [9.17, 15) is 49.2 Å². The lowest BCUT2D eigenvalue weighted by Crippen LogP contribution is -2.61. The van der Waals surface area contributed by atoms with Crippen LogP contribution in [0.3, 0.4) is 0 Å². The predicted octanol–water partition coefficient (Wildman–Crippen LogP) is -0.385. The molecule has 0 bridgehead atoms. The molecule has 0 aromatic heterocycles. The number of carbonyl (C=O) groups excluding carboxylic acids is 7. The first-order chi connectivity index (χ1) is 25.1.